The first-order valence-electron chi connectivity index (χ1n) is 9.18. The highest BCUT2D eigenvalue weighted by Gasteiger charge is 2.25. The number of rotatable bonds is 5. The highest BCUT2D eigenvalue weighted by Crippen LogP contribution is 2.30. The minimum Gasteiger partial charge on any atom is -0.347 e. The van der Waals surface area contributed by atoms with Gasteiger partial charge in [0, 0.05) is 24.8 Å². The number of aromatic nitrogens is 3. The van der Waals surface area contributed by atoms with Gasteiger partial charge in [-0.15, -0.1) is 0 Å². The van der Waals surface area contributed by atoms with Crippen LogP contribution in [-0.2, 0) is 6.42 Å². The number of aryl methyl sites for hydroxylation is 1. The maximum atomic E-state index is 12.7. The van der Waals surface area contributed by atoms with Gasteiger partial charge in [-0.25, -0.2) is 4.98 Å². The van der Waals surface area contributed by atoms with Gasteiger partial charge in [0.2, 0.25) is 0 Å². The molecule has 7 heteroatoms. The Morgan fingerprint density at radius 2 is 2.31 bits per heavy atom. The molecule has 0 saturated carbocycles. The molecule has 3 heterocycles. The highest BCUT2D eigenvalue weighted by atomic mass is 32.1. The summed E-state index contributed by atoms with van der Waals surface area (Å²) in [5, 5.41) is 11.2. The van der Waals surface area contributed by atoms with E-state index in [4.69, 9.17) is 4.98 Å². The van der Waals surface area contributed by atoms with E-state index >= 15 is 0 Å². The van der Waals surface area contributed by atoms with Crippen LogP contribution in [0.4, 0.5) is 5.13 Å². The number of anilines is 1. The average molecular weight is 369 g/mol. The number of aromatic amines is 1. The number of nitrogens with one attached hydrogen (secondary N) is 2. The Morgan fingerprint density at radius 3 is 3.15 bits per heavy atom. The summed E-state index contributed by atoms with van der Waals surface area (Å²) in [6.07, 6.45) is 5.50. The van der Waals surface area contributed by atoms with E-state index in [1.54, 1.807) is 17.5 Å². The van der Waals surface area contributed by atoms with Crippen molar-refractivity contribution in [3.8, 4) is 0 Å². The van der Waals surface area contributed by atoms with Crippen LogP contribution in [-0.4, -0.2) is 40.2 Å². The van der Waals surface area contributed by atoms with Crippen molar-refractivity contribution < 1.29 is 4.79 Å². The quantitative estimate of drug-likeness (QED) is 0.723. The summed E-state index contributed by atoms with van der Waals surface area (Å²) < 4.78 is 1.20. The molecule has 1 fully saturated rings. The fourth-order valence-electron chi connectivity index (χ4n) is 3.48. The van der Waals surface area contributed by atoms with E-state index in [0.717, 1.165) is 55.1 Å². The Labute approximate surface area is 156 Å². The molecule has 0 radical (unpaired) electrons. The molecule has 2 N–H and O–H groups in total. The van der Waals surface area contributed by atoms with Crippen LogP contribution in [0.3, 0.4) is 0 Å². The van der Waals surface area contributed by atoms with Crippen molar-refractivity contribution >= 4 is 32.6 Å². The van der Waals surface area contributed by atoms with Gasteiger partial charge in [-0.2, -0.15) is 5.10 Å². The molecule has 136 valence electrons. The number of carbonyl (C=O) groups excluding carboxylic acids is 1. The first-order chi connectivity index (χ1) is 12.7. The number of para-hydroxylation sites is 1. The third-order valence-corrected chi connectivity index (χ3v) is 5.87. The third-order valence-electron chi connectivity index (χ3n) is 4.77. The van der Waals surface area contributed by atoms with Gasteiger partial charge in [0.25, 0.3) is 5.91 Å². The van der Waals surface area contributed by atoms with E-state index in [0.29, 0.717) is 5.56 Å². The molecule has 1 aliphatic rings. The molecule has 1 saturated heterocycles. The zero-order chi connectivity index (χ0) is 17.9. The van der Waals surface area contributed by atoms with Crippen molar-refractivity contribution in [2.24, 2.45) is 0 Å². The minimum absolute atomic E-state index is 0.0293. The maximum absolute atomic E-state index is 12.7. The average Bonchev–Trinajstić information content (AvgIpc) is 3.29. The second-order valence-corrected chi connectivity index (χ2v) is 7.74. The molecule has 26 heavy (non-hydrogen) atoms. The Kier molecular flexibility index (Phi) is 4.88. The number of H-pyrrole nitrogens is 1. The minimum atomic E-state index is -0.0293. The van der Waals surface area contributed by atoms with E-state index in [9.17, 15) is 4.79 Å². The summed E-state index contributed by atoms with van der Waals surface area (Å²) in [6, 6.07) is 8.35. The van der Waals surface area contributed by atoms with Crippen LogP contribution in [0.2, 0.25) is 0 Å². The van der Waals surface area contributed by atoms with Gasteiger partial charge in [-0.3, -0.25) is 9.89 Å². The standard InChI is InChI=1S/C19H23N5OS/c1-2-6-15-14(11-20-23-15)18(25)21-13-7-5-10-24(12-13)19-22-16-8-3-4-9-17(16)26-19/h3-4,8-9,11,13H,2,5-7,10,12H2,1H3,(H,20,23)(H,21,25)/t13-/m0/s1. The van der Waals surface area contributed by atoms with Gasteiger partial charge >= 0.3 is 0 Å². The summed E-state index contributed by atoms with van der Waals surface area (Å²) in [4.78, 5) is 19.7. The van der Waals surface area contributed by atoms with Gasteiger partial charge < -0.3 is 10.2 Å². The van der Waals surface area contributed by atoms with Gasteiger partial charge in [-0.1, -0.05) is 36.8 Å². The number of fused-ring (bicyclic) bond motifs is 1. The maximum Gasteiger partial charge on any atom is 0.255 e. The van der Waals surface area contributed by atoms with Crippen LogP contribution in [0.15, 0.2) is 30.5 Å². The molecule has 1 amide bonds. The monoisotopic (exact) mass is 369 g/mol. The Morgan fingerprint density at radius 1 is 1.42 bits per heavy atom. The number of hydrogen-bond acceptors (Lipinski definition) is 5. The number of carbonyl (C=O) groups is 1. The van der Waals surface area contributed by atoms with Crippen molar-refractivity contribution in [1.82, 2.24) is 20.5 Å². The number of amides is 1. The van der Waals surface area contributed by atoms with E-state index in [1.165, 1.54) is 4.70 Å². The molecule has 0 unspecified atom stereocenters. The van der Waals surface area contributed by atoms with E-state index < -0.39 is 0 Å². The SMILES string of the molecule is CCCc1[nH]ncc1C(=O)N[C@H]1CCCN(c2nc3ccccc3s2)C1. The van der Waals surface area contributed by atoms with E-state index in [2.05, 4.69) is 33.4 Å². The summed E-state index contributed by atoms with van der Waals surface area (Å²) in [5.74, 6) is -0.0293. The van der Waals surface area contributed by atoms with Crippen LogP contribution in [0.5, 0.6) is 0 Å². The topological polar surface area (TPSA) is 73.9 Å². The molecule has 4 rings (SSSR count). The number of benzene rings is 1. The lowest BCUT2D eigenvalue weighted by atomic mass is 10.1. The first kappa shape index (κ1) is 17.0. The van der Waals surface area contributed by atoms with Crippen molar-refractivity contribution in [3.63, 3.8) is 0 Å². The smallest absolute Gasteiger partial charge is 0.255 e. The van der Waals surface area contributed by atoms with Crippen molar-refractivity contribution in [2.45, 2.75) is 38.6 Å². The lowest BCUT2D eigenvalue weighted by Crippen LogP contribution is -2.47. The zero-order valence-corrected chi connectivity index (χ0v) is 15.7. The summed E-state index contributed by atoms with van der Waals surface area (Å²) in [7, 11) is 0. The van der Waals surface area contributed by atoms with Crippen molar-refractivity contribution in [2.75, 3.05) is 18.0 Å². The molecule has 1 aromatic carbocycles. The summed E-state index contributed by atoms with van der Waals surface area (Å²) in [6.45, 7) is 3.88. The van der Waals surface area contributed by atoms with Gasteiger partial charge in [0.1, 0.15) is 0 Å². The summed E-state index contributed by atoms with van der Waals surface area (Å²) >= 11 is 1.72. The number of nitrogens with zero attached hydrogens (tertiary/aromatic N) is 3. The van der Waals surface area contributed by atoms with Gasteiger partial charge in [0.15, 0.2) is 5.13 Å². The zero-order valence-electron chi connectivity index (χ0n) is 14.9. The predicted molar refractivity (Wildman–Crippen MR) is 105 cm³/mol. The normalized spacial score (nSPS) is 17.6. The van der Waals surface area contributed by atoms with Gasteiger partial charge in [-0.05, 0) is 31.4 Å². The Bertz CT molecular complexity index is 869. The molecule has 0 bridgehead atoms. The van der Waals surface area contributed by atoms with Crippen LogP contribution in [0, 0.1) is 0 Å². The second-order valence-electron chi connectivity index (χ2n) is 6.74. The highest BCUT2D eigenvalue weighted by molar-refractivity contribution is 7.22. The largest absolute Gasteiger partial charge is 0.347 e. The Balaban J connectivity index is 1.45. The molecular formula is C19H23N5OS. The van der Waals surface area contributed by atoms with Gasteiger partial charge in [0.05, 0.1) is 22.0 Å². The molecule has 1 atom stereocenters. The van der Waals surface area contributed by atoms with Crippen LogP contribution < -0.4 is 10.2 Å². The molecule has 2 aromatic heterocycles. The van der Waals surface area contributed by atoms with Crippen molar-refractivity contribution in [1.29, 1.82) is 0 Å². The molecule has 0 spiro atoms. The summed E-state index contributed by atoms with van der Waals surface area (Å²) in [5.41, 5.74) is 2.63. The second kappa shape index (κ2) is 7.45. The number of thiazole rings is 1. The number of hydrogen-bond donors (Lipinski definition) is 2. The fourth-order valence-corrected chi connectivity index (χ4v) is 4.48. The number of piperidine rings is 1. The lowest BCUT2D eigenvalue weighted by molar-refractivity contribution is 0.0932. The lowest BCUT2D eigenvalue weighted by Gasteiger charge is -2.32. The van der Waals surface area contributed by atoms with Crippen LogP contribution >= 0.6 is 11.3 Å². The fraction of sp³-hybridized carbons (Fsp3) is 0.421. The molecule has 6 nitrogen and oxygen atoms in total. The Hall–Kier alpha value is -2.41. The molecule has 0 aliphatic carbocycles. The van der Waals surface area contributed by atoms with Crippen molar-refractivity contribution in [3.05, 3.63) is 41.7 Å². The molecule has 3 aromatic rings. The van der Waals surface area contributed by atoms with Crippen LogP contribution in [0.1, 0.15) is 42.2 Å². The predicted octanol–water partition coefficient (Wildman–Crippen LogP) is 3.37. The third kappa shape index (κ3) is 3.44. The van der Waals surface area contributed by atoms with Crippen LogP contribution in [0.25, 0.3) is 10.2 Å². The van der Waals surface area contributed by atoms with E-state index in [-0.39, 0.29) is 11.9 Å². The molecular weight excluding hydrogens is 346 g/mol. The molecule has 1 aliphatic heterocycles. The van der Waals surface area contributed by atoms with E-state index in [1.807, 2.05) is 18.2 Å². The first-order valence-corrected chi connectivity index (χ1v) is 10.00.